The van der Waals surface area contributed by atoms with Crippen LogP contribution >= 0.6 is 0 Å². The first-order valence-electron chi connectivity index (χ1n) is 6.18. The average Bonchev–Trinajstić information content (AvgIpc) is 2.67. The molecule has 100 valence electrons. The Morgan fingerprint density at radius 3 is 2.53 bits per heavy atom. The normalized spacial score (nSPS) is 26.7. The van der Waals surface area contributed by atoms with Gasteiger partial charge in [-0.3, -0.25) is 0 Å². The molecule has 2 aromatic rings. The van der Waals surface area contributed by atoms with E-state index in [2.05, 4.69) is 0 Å². The van der Waals surface area contributed by atoms with Crippen molar-refractivity contribution >= 4 is 11.0 Å². The Labute approximate surface area is 109 Å². The van der Waals surface area contributed by atoms with Gasteiger partial charge in [-0.15, -0.1) is 0 Å². The molecule has 5 heteroatoms. The number of fused-ring (bicyclic) bond motifs is 1. The number of hydrogen-bond acceptors (Lipinski definition) is 5. The number of hydrogen-bond donors (Lipinski definition) is 2. The van der Waals surface area contributed by atoms with E-state index in [1.807, 2.05) is 0 Å². The van der Waals surface area contributed by atoms with Crippen LogP contribution in [-0.2, 0) is 0 Å². The summed E-state index contributed by atoms with van der Waals surface area (Å²) in [6.07, 6.45) is -0.889. The Morgan fingerprint density at radius 1 is 1.11 bits per heavy atom. The monoisotopic (exact) mass is 262 g/mol. The van der Waals surface area contributed by atoms with Gasteiger partial charge in [0.05, 0.1) is 12.2 Å². The Bertz CT molecular complexity index is 638. The van der Waals surface area contributed by atoms with Crippen molar-refractivity contribution in [1.82, 2.24) is 0 Å². The molecule has 0 bridgehead atoms. The summed E-state index contributed by atoms with van der Waals surface area (Å²) in [5, 5.41) is 19.7. The lowest BCUT2D eigenvalue weighted by molar-refractivity contribution is 0.0438. The van der Waals surface area contributed by atoms with E-state index in [1.165, 1.54) is 6.07 Å². The van der Waals surface area contributed by atoms with Crippen LogP contribution in [0.4, 0.5) is 0 Å². The van der Waals surface area contributed by atoms with Crippen LogP contribution in [0.1, 0.15) is 12.8 Å². The Balaban J connectivity index is 1.83. The molecule has 0 unspecified atom stereocenters. The highest BCUT2D eigenvalue weighted by Crippen LogP contribution is 2.27. The predicted octanol–water partition coefficient (Wildman–Crippen LogP) is 1.06. The molecular weight excluding hydrogens is 248 g/mol. The lowest BCUT2D eigenvalue weighted by Crippen LogP contribution is -2.17. The summed E-state index contributed by atoms with van der Waals surface area (Å²) in [6, 6.07) is 8.28. The molecule has 0 radical (unpaired) electrons. The van der Waals surface area contributed by atoms with Crippen molar-refractivity contribution in [1.29, 1.82) is 0 Å². The van der Waals surface area contributed by atoms with Gasteiger partial charge in [-0.05, 0) is 18.2 Å². The molecule has 1 aromatic heterocycles. The molecule has 2 N–H and O–H groups in total. The molecule has 0 aliphatic heterocycles. The third-order valence-corrected chi connectivity index (χ3v) is 3.35. The van der Waals surface area contributed by atoms with E-state index < -0.39 is 17.8 Å². The molecule has 1 heterocycles. The number of ether oxygens (including phenoxy) is 1. The second-order valence-electron chi connectivity index (χ2n) is 4.80. The molecule has 1 aliphatic rings. The predicted molar refractivity (Wildman–Crippen MR) is 68.1 cm³/mol. The standard InChI is InChI=1S/C14H14O5/c15-11-5-10(6-12(11)16)18-9-3-1-8-2-4-14(17)19-13(8)7-9/h1-4,7,10-12,15-16H,5-6H2/t10-,11-,12+. The maximum Gasteiger partial charge on any atom is 0.336 e. The summed E-state index contributed by atoms with van der Waals surface area (Å²) >= 11 is 0. The molecule has 5 nitrogen and oxygen atoms in total. The van der Waals surface area contributed by atoms with Crippen molar-refractivity contribution in [3.63, 3.8) is 0 Å². The summed E-state index contributed by atoms with van der Waals surface area (Å²) < 4.78 is 10.8. The van der Waals surface area contributed by atoms with Crippen LogP contribution in [0.5, 0.6) is 5.75 Å². The molecule has 0 saturated heterocycles. The number of rotatable bonds is 2. The van der Waals surface area contributed by atoms with Gasteiger partial charge in [0.2, 0.25) is 0 Å². The zero-order chi connectivity index (χ0) is 13.4. The topological polar surface area (TPSA) is 79.9 Å². The van der Waals surface area contributed by atoms with Crippen molar-refractivity contribution in [3.8, 4) is 5.75 Å². The highest BCUT2D eigenvalue weighted by molar-refractivity contribution is 5.77. The molecule has 0 amide bonds. The summed E-state index contributed by atoms with van der Waals surface area (Å²) in [5.74, 6) is 0.563. The highest BCUT2D eigenvalue weighted by atomic mass is 16.5. The SMILES string of the molecule is O=c1ccc2ccc(O[C@@H]3C[C@@H](O)[C@@H](O)C3)cc2o1. The van der Waals surface area contributed by atoms with Gasteiger partial charge in [-0.2, -0.15) is 0 Å². The molecule has 1 aromatic carbocycles. The number of aliphatic hydroxyl groups is 2. The van der Waals surface area contributed by atoms with E-state index >= 15 is 0 Å². The zero-order valence-electron chi connectivity index (χ0n) is 10.2. The largest absolute Gasteiger partial charge is 0.490 e. The van der Waals surface area contributed by atoms with Crippen LogP contribution in [0.2, 0.25) is 0 Å². The maximum atomic E-state index is 11.2. The van der Waals surface area contributed by atoms with Crippen molar-refractivity contribution in [2.45, 2.75) is 31.2 Å². The van der Waals surface area contributed by atoms with E-state index in [4.69, 9.17) is 9.15 Å². The summed E-state index contributed by atoms with van der Waals surface area (Å²) in [4.78, 5) is 11.2. The van der Waals surface area contributed by atoms with Gasteiger partial charge < -0.3 is 19.4 Å². The van der Waals surface area contributed by atoms with Gasteiger partial charge in [0.15, 0.2) is 0 Å². The minimum Gasteiger partial charge on any atom is -0.490 e. The van der Waals surface area contributed by atoms with E-state index in [0.717, 1.165) is 5.39 Å². The van der Waals surface area contributed by atoms with Crippen LogP contribution in [-0.4, -0.2) is 28.5 Å². The molecule has 3 atom stereocenters. The van der Waals surface area contributed by atoms with E-state index in [-0.39, 0.29) is 6.10 Å². The fourth-order valence-corrected chi connectivity index (χ4v) is 2.35. The zero-order valence-corrected chi connectivity index (χ0v) is 10.2. The van der Waals surface area contributed by atoms with E-state index in [1.54, 1.807) is 24.3 Å². The van der Waals surface area contributed by atoms with Crippen LogP contribution < -0.4 is 10.4 Å². The van der Waals surface area contributed by atoms with Crippen LogP contribution in [0, 0.1) is 0 Å². The second-order valence-corrected chi connectivity index (χ2v) is 4.80. The molecular formula is C14H14O5. The van der Waals surface area contributed by atoms with Crippen molar-refractivity contribution in [2.24, 2.45) is 0 Å². The third-order valence-electron chi connectivity index (χ3n) is 3.35. The maximum absolute atomic E-state index is 11.2. The first kappa shape index (κ1) is 12.2. The van der Waals surface area contributed by atoms with Gasteiger partial charge in [0, 0.05) is 30.4 Å². The molecule has 0 spiro atoms. The Hall–Kier alpha value is -1.85. The first-order chi connectivity index (χ1) is 9.11. The molecule has 1 saturated carbocycles. The lowest BCUT2D eigenvalue weighted by atomic mass is 10.2. The van der Waals surface area contributed by atoms with Gasteiger partial charge in [-0.1, -0.05) is 0 Å². The number of benzene rings is 1. The smallest absolute Gasteiger partial charge is 0.336 e. The summed E-state index contributed by atoms with van der Waals surface area (Å²) in [6.45, 7) is 0. The molecule has 19 heavy (non-hydrogen) atoms. The van der Waals surface area contributed by atoms with Crippen LogP contribution in [0.15, 0.2) is 39.5 Å². The summed E-state index contributed by atoms with van der Waals surface area (Å²) in [5.41, 5.74) is 0.0560. The fourth-order valence-electron chi connectivity index (χ4n) is 2.35. The second kappa shape index (κ2) is 4.68. The molecule has 1 fully saturated rings. The minimum absolute atomic E-state index is 0.224. The van der Waals surface area contributed by atoms with Crippen molar-refractivity contribution < 1.29 is 19.4 Å². The quantitative estimate of drug-likeness (QED) is 0.791. The first-order valence-corrected chi connectivity index (χ1v) is 6.18. The average molecular weight is 262 g/mol. The fraction of sp³-hybridized carbons (Fsp3) is 0.357. The van der Waals surface area contributed by atoms with Gasteiger partial charge in [0.25, 0.3) is 0 Å². The molecule has 3 rings (SSSR count). The van der Waals surface area contributed by atoms with Crippen LogP contribution in [0.25, 0.3) is 11.0 Å². The van der Waals surface area contributed by atoms with E-state index in [0.29, 0.717) is 24.2 Å². The minimum atomic E-state index is -0.733. The lowest BCUT2D eigenvalue weighted by Gasteiger charge is -2.13. The van der Waals surface area contributed by atoms with Gasteiger partial charge in [0.1, 0.15) is 17.4 Å². The van der Waals surface area contributed by atoms with Gasteiger partial charge in [-0.25, -0.2) is 4.79 Å². The Morgan fingerprint density at radius 2 is 1.79 bits per heavy atom. The van der Waals surface area contributed by atoms with E-state index in [9.17, 15) is 15.0 Å². The van der Waals surface area contributed by atoms with Crippen LogP contribution in [0.3, 0.4) is 0 Å². The van der Waals surface area contributed by atoms with Crippen molar-refractivity contribution in [2.75, 3.05) is 0 Å². The Kier molecular flexibility index (Phi) is 3.00. The summed E-state index contributed by atoms with van der Waals surface area (Å²) in [7, 11) is 0. The highest BCUT2D eigenvalue weighted by Gasteiger charge is 2.32. The van der Waals surface area contributed by atoms with Crippen molar-refractivity contribution in [3.05, 3.63) is 40.8 Å². The third kappa shape index (κ3) is 2.47. The molecule has 1 aliphatic carbocycles. The van der Waals surface area contributed by atoms with Gasteiger partial charge >= 0.3 is 5.63 Å². The number of aliphatic hydroxyl groups excluding tert-OH is 2.